The lowest BCUT2D eigenvalue weighted by atomic mass is 9.81. The van der Waals surface area contributed by atoms with Crippen LogP contribution in [0, 0.1) is 11.8 Å². The maximum absolute atomic E-state index is 12.7. The number of carbonyl (C=O) groups is 3. The zero-order valence-corrected chi connectivity index (χ0v) is 14.3. The van der Waals surface area contributed by atoms with Crippen LogP contribution >= 0.6 is 11.3 Å². The highest BCUT2D eigenvalue weighted by Crippen LogP contribution is 2.45. The Bertz CT molecular complexity index is 645. The molecule has 0 aromatic carbocycles. The van der Waals surface area contributed by atoms with E-state index in [0.29, 0.717) is 6.54 Å². The van der Waals surface area contributed by atoms with Crippen LogP contribution in [0.25, 0.3) is 0 Å². The summed E-state index contributed by atoms with van der Waals surface area (Å²) < 4.78 is 5.21. The molecule has 3 rings (SSSR count). The van der Waals surface area contributed by atoms with Crippen LogP contribution in [0.3, 0.4) is 0 Å². The summed E-state index contributed by atoms with van der Waals surface area (Å²) >= 11 is 1.54. The van der Waals surface area contributed by atoms with Gasteiger partial charge < -0.3 is 10.1 Å². The molecule has 2 saturated heterocycles. The SMILES string of the molecule is CCOC(=O)[C@]1(C)[NH2+][C@H](c2cccs2)[C@H]2C(=O)N(CC)C(=O)[C@@H]21. The quantitative estimate of drug-likeness (QED) is 0.633. The van der Waals surface area contributed by atoms with Gasteiger partial charge in [-0.2, -0.15) is 0 Å². The topological polar surface area (TPSA) is 80.3 Å². The third-order valence-corrected chi connectivity index (χ3v) is 5.88. The van der Waals surface area contributed by atoms with Gasteiger partial charge in [-0.25, -0.2) is 4.79 Å². The highest BCUT2D eigenvalue weighted by molar-refractivity contribution is 7.10. The van der Waals surface area contributed by atoms with E-state index in [2.05, 4.69) is 0 Å². The van der Waals surface area contributed by atoms with E-state index >= 15 is 0 Å². The number of nitrogens with zero attached hydrogens (tertiary/aromatic N) is 1. The predicted octanol–water partition coefficient (Wildman–Crippen LogP) is 0.309. The molecule has 4 atom stereocenters. The molecule has 124 valence electrons. The molecule has 7 heteroatoms. The molecule has 1 aromatic rings. The standard InChI is InChI=1S/C16H20N2O4S/c1-4-18-13(19)10-11(14(18)20)16(3,15(21)22-5-2)17-12(10)9-7-6-8-23-9/h6-8,10-12,17H,4-5H2,1-3H3/p+1/t10-,11+,12+,16+/m0/s1. The molecule has 2 aliphatic heterocycles. The zero-order valence-electron chi connectivity index (χ0n) is 13.4. The second-order valence-electron chi connectivity index (χ2n) is 6.14. The minimum Gasteiger partial charge on any atom is -0.461 e. The summed E-state index contributed by atoms with van der Waals surface area (Å²) in [5.41, 5.74) is -1.06. The molecule has 23 heavy (non-hydrogen) atoms. The number of hydrogen-bond donors (Lipinski definition) is 1. The number of hydrogen-bond acceptors (Lipinski definition) is 5. The van der Waals surface area contributed by atoms with Crippen LogP contribution in [0.2, 0.25) is 0 Å². The molecule has 0 unspecified atom stereocenters. The van der Waals surface area contributed by atoms with Gasteiger partial charge in [0.15, 0.2) is 0 Å². The van der Waals surface area contributed by atoms with Gasteiger partial charge >= 0.3 is 5.97 Å². The van der Waals surface area contributed by atoms with Gasteiger partial charge in [-0.1, -0.05) is 6.07 Å². The molecule has 2 aliphatic rings. The number of thiophene rings is 1. The van der Waals surface area contributed by atoms with Crippen molar-refractivity contribution in [3.05, 3.63) is 22.4 Å². The third kappa shape index (κ3) is 2.21. The number of likely N-dealkylation sites (tertiary alicyclic amines) is 1. The minimum absolute atomic E-state index is 0.176. The fourth-order valence-corrected chi connectivity index (χ4v) is 4.70. The Kier molecular flexibility index (Phi) is 4.01. The van der Waals surface area contributed by atoms with Crippen LogP contribution in [-0.2, 0) is 19.1 Å². The first-order chi connectivity index (χ1) is 11.0. The van der Waals surface area contributed by atoms with E-state index in [4.69, 9.17) is 4.74 Å². The molecule has 0 saturated carbocycles. The van der Waals surface area contributed by atoms with E-state index < -0.39 is 23.3 Å². The third-order valence-electron chi connectivity index (χ3n) is 4.90. The van der Waals surface area contributed by atoms with Crippen LogP contribution in [0.1, 0.15) is 31.7 Å². The van der Waals surface area contributed by atoms with Crippen LogP contribution in [0.5, 0.6) is 0 Å². The number of imide groups is 1. The van der Waals surface area contributed by atoms with Crippen molar-refractivity contribution < 1.29 is 24.4 Å². The number of quaternary nitrogens is 1. The predicted molar refractivity (Wildman–Crippen MR) is 83.4 cm³/mol. The molecule has 3 heterocycles. The van der Waals surface area contributed by atoms with Crippen LogP contribution < -0.4 is 5.32 Å². The Morgan fingerprint density at radius 1 is 1.39 bits per heavy atom. The average molecular weight is 337 g/mol. The summed E-state index contributed by atoms with van der Waals surface area (Å²) in [7, 11) is 0. The molecule has 0 aliphatic carbocycles. The van der Waals surface area contributed by atoms with E-state index in [-0.39, 0.29) is 24.5 Å². The number of fused-ring (bicyclic) bond motifs is 1. The van der Waals surface area contributed by atoms with Crippen LogP contribution in [-0.4, -0.2) is 41.4 Å². The first-order valence-corrected chi connectivity index (χ1v) is 8.75. The van der Waals surface area contributed by atoms with E-state index in [1.54, 1.807) is 32.1 Å². The molecule has 2 N–H and O–H groups in total. The smallest absolute Gasteiger partial charge is 0.368 e. The van der Waals surface area contributed by atoms with Crippen molar-refractivity contribution in [1.29, 1.82) is 0 Å². The Morgan fingerprint density at radius 2 is 2.13 bits per heavy atom. The number of carbonyl (C=O) groups excluding carboxylic acids is 3. The lowest BCUT2D eigenvalue weighted by Gasteiger charge is -2.25. The van der Waals surface area contributed by atoms with Gasteiger partial charge in [0.05, 0.1) is 11.5 Å². The lowest BCUT2D eigenvalue weighted by molar-refractivity contribution is -0.730. The van der Waals surface area contributed by atoms with Gasteiger partial charge in [0, 0.05) is 13.5 Å². The highest BCUT2D eigenvalue weighted by atomic mass is 32.1. The molecule has 2 amide bonds. The first-order valence-electron chi connectivity index (χ1n) is 7.87. The van der Waals surface area contributed by atoms with Gasteiger partial charge in [0.25, 0.3) is 0 Å². The highest BCUT2D eigenvalue weighted by Gasteiger charge is 2.70. The summed E-state index contributed by atoms with van der Waals surface area (Å²) in [5, 5.41) is 3.80. The lowest BCUT2D eigenvalue weighted by Crippen LogP contribution is -2.97. The Balaban J connectivity index is 2.06. The monoisotopic (exact) mass is 337 g/mol. The van der Waals surface area contributed by atoms with Crippen molar-refractivity contribution in [1.82, 2.24) is 4.90 Å². The summed E-state index contributed by atoms with van der Waals surface area (Å²) in [5.74, 6) is -2.02. The van der Waals surface area contributed by atoms with Crippen molar-refractivity contribution in [2.75, 3.05) is 13.2 Å². The van der Waals surface area contributed by atoms with Crippen molar-refractivity contribution in [2.45, 2.75) is 32.4 Å². The second kappa shape index (κ2) is 5.72. The number of ether oxygens (including phenoxy) is 1. The van der Waals surface area contributed by atoms with E-state index in [9.17, 15) is 14.4 Å². The van der Waals surface area contributed by atoms with E-state index in [1.807, 2.05) is 22.8 Å². The van der Waals surface area contributed by atoms with Gasteiger partial charge in [-0.15, -0.1) is 11.3 Å². The number of rotatable bonds is 4. The Morgan fingerprint density at radius 3 is 2.70 bits per heavy atom. The summed E-state index contributed by atoms with van der Waals surface area (Å²) in [6.45, 7) is 5.83. The second-order valence-corrected chi connectivity index (χ2v) is 7.11. The number of esters is 1. The van der Waals surface area contributed by atoms with Gasteiger partial charge in [0.2, 0.25) is 17.4 Å². The molecule has 0 spiro atoms. The molecule has 0 radical (unpaired) electrons. The Hall–Kier alpha value is -1.73. The molecular formula is C16H21N2O4S+. The molecule has 1 aromatic heterocycles. The van der Waals surface area contributed by atoms with Crippen LogP contribution in [0.15, 0.2) is 17.5 Å². The van der Waals surface area contributed by atoms with Gasteiger partial charge in [0.1, 0.15) is 17.9 Å². The fraction of sp³-hybridized carbons (Fsp3) is 0.562. The fourth-order valence-electron chi connectivity index (χ4n) is 3.86. The number of amides is 2. The largest absolute Gasteiger partial charge is 0.461 e. The minimum atomic E-state index is -1.06. The van der Waals surface area contributed by atoms with Crippen molar-refractivity contribution >= 4 is 29.1 Å². The zero-order chi connectivity index (χ0) is 16.8. The Labute approximate surface area is 138 Å². The van der Waals surface area contributed by atoms with Gasteiger partial charge in [-0.3, -0.25) is 14.5 Å². The van der Waals surface area contributed by atoms with Crippen molar-refractivity contribution in [2.24, 2.45) is 11.8 Å². The summed E-state index contributed by atoms with van der Waals surface area (Å²) in [6, 6.07) is 3.65. The number of nitrogens with two attached hydrogens (primary N) is 1. The summed E-state index contributed by atoms with van der Waals surface area (Å²) in [6.07, 6.45) is 0. The molecular weight excluding hydrogens is 316 g/mol. The summed E-state index contributed by atoms with van der Waals surface area (Å²) in [4.78, 5) is 40.3. The van der Waals surface area contributed by atoms with Crippen molar-refractivity contribution in [3.63, 3.8) is 0 Å². The first kappa shape index (κ1) is 16.1. The normalized spacial score (nSPS) is 33.2. The average Bonchev–Trinajstić information content (AvgIpc) is 3.18. The maximum Gasteiger partial charge on any atom is 0.368 e. The van der Waals surface area contributed by atoms with Gasteiger partial charge in [-0.05, 0) is 25.3 Å². The van der Waals surface area contributed by atoms with E-state index in [1.165, 1.54) is 4.90 Å². The van der Waals surface area contributed by atoms with Crippen molar-refractivity contribution in [3.8, 4) is 0 Å². The van der Waals surface area contributed by atoms with E-state index in [0.717, 1.165) is 4.88 Å². The van der Waals surface area contributed by atoms with Crippen LogP contribution in [0.4, 0.5) is 0 Å². The molecule has 6 nitrogen and oxygen atoms in total. The maximum atomic E-state index is 12.7. The molecule has 2 fully saturated rings. The molecule has 0 bridgehead atoms.